The number of nitrogens with one attached hydrogen (secondary N) is 1. The van der Waals surface area contributed by atoms with Gasteiger partial charge in [-0.05, 0) is 62.1 Å². The summed E-state index contributed by atoms with van der Waals surface area (Å²) in [5.74, 6) is -4.07. The average molecular weight is 777 g/mol. The molecule has 0 aromatic heterocycles. The van der Waals surface area contributed by atoms with Crippen LogP contribution in [0.25, 0.3) is 0 Å². The summed E-state index contributed by atoms with van der Waals surface area (Å²) in [6.45, 7) is 5.55. The fourth-order valence-corrected chi connectivity index (χ4v) is 8.99. The first-order chi connectivity index (χ1) is 27.7. The van der Waals surface area contributed by atoms with Crippen LogP contribution >= 0.6 is 0 Å². The zero-order valence-electron chi connectivity index (χ0n) is 32.7. The molecule has 300 valence electrons. The first-order valence-electron chi connectivity index (χ1n) is 19.9. The molecule has 4 heterocycles. The predicted molar refractivity (Wildman–Crippen MR) is 215 cm³/mol. The maximum Gasteiger partial charge on any atom is 0.313 e. The Hall–Kier alpha value is -5.30. The van der Waals surface area contributed by atoms with Crippen LogP contribution < -0.4 is 15.1 Å². The Labute approximate surface area is 334 Å². The molecular formula is C45H52N4O8. The zero-order valence-corrected chi connectivity index (χ0v) is 32.7. The van der Waals surface area contributed by atoms with Gasteiger partial charge < -0.3 is 39.3 Å². The van der Waals surface area contributed by atoms with Gasteiger partial charge in [0.2, 0.25) is 11.8 Å². The molecule has 2 fully saturated rings. The molecule has 1 spiro atoms. The number of aliphatic hydroxyl groups is 1. The molecular weight excluding hydrogens is 725 g/mol. The Morgan fingerprint density at radius 3 is 2.30 bits per heavy atom. The lowest BCUT2D eigenvalue weighted by Gasteiger charge is -2.39. The lowest BCUT2D eigenvalue weighted by atomic mass is 9.74. The second-order valence-corrected chi connectivity index (χ2v) is 15.0. The molecule has 0 radical (unpaired) electrons. The van der Waals surface area contributed by atoms with E-state index in [9.17, 15) is 14.7 Å². The molecule has 4 aliphatic rings. The van der Waals surface area contributed by atoms with E-state index in [-0.39, 0.29) is 31.9 Å². The number of benzene rings is 3. The number of cyclic esters (lactones) is 1. The van der Waals surface area contributed by atoms with Gasteiger partial charge in [0.1, 0.15) is 23.7 Å². The fourth-order valence-electron chi connectivity index (χ4n) is 8.99. The lowest BCUT2D eigenvalue weighted by Crippen LogP contribution is -2.59. The van der Waals surface area contributed by atoms with Crippen molar-refractivity contribution < 1.29 is 38.5 Å². The first kappa shape index (κ1) is 39.9. The van der Waals surface area contributed by atoms with E-state index in [1.807, 2.05) is 97.1 Å². The van der Waals surface area contributed by atoms with Gasteiger partial charge in [0, 0.05) is 44.5 Å². The predicted octanol–water partition coefficient (Wildman–Crippen LogP) is 4.39. The highest BCUT2D eigenvalue weighted by atomic mass is 16.6. The third-order valence-corrected chi connectivity index (χ3v) is 11.7. The first-order valence-corrected chi connectivity index (χ1v) is 19.9. The number of esters is 1. The number of rotatable bonds is 11. The number of likely N-dealkylation sites (tertiary alicyclic amines) is 1. The van der Waals surface area contributed by atoms with Gasteiger partial charge in [-0.25, -0.2) is 0 Å². The molecule has 5 bridgehead atoms. The minimum Gasteiger partial charge on any atom is -0.455 e. The van der Waals surface area contributed by atoms with Crippen molar-refractivity contribution in [3.05, 3.63) is 120 Å². The average Bonchev–Trinajstić information content (AvgIpc) is 3.88. The van der Waals surface area contributed by atoms with Crippen LogP contribution in [0.4, 0.5) is 11.4 Å². The van der Waals surface area contributed by atoms with Gasteiger partial charge in [-0.3, -0.25) is 19.2 Å². The maximum atomic E-state index is 15.5. The van der Waals surface area contributed by atoms with Crippen molar-refractivity contribution in [3.8, 4) is 0 Å². The monoisotopic (exact) mass is 776 g/mol. The Morgan fingerprint density at radius 1 is 0.930 bits per heavy atom. The summed E-state index contributed by atoms with van der Waals surface area (Å²) in [4.78, 5) is 63.9. The Bertz CT molecular complexity index is 1950. The summed E-state index contributed by atoms with van der Waals surface area (Å²) < 4.78 is 18.6. The number of anilines is 2. The number of carbonyl (C=O) groups is 4. The van der Waals surface area contributed by atoms with Crippen LogP contribution in [0.3, 0.4) is 0 Å². The van der Waals surface area contributed by atoms with Gasteiger partial charge in [0.25, 0.3) is 5.91 Å². The second-order valence-electron chi connectivity index (χ2n) is 15.0. The molecule has 2 N–H and O–H groups in total. The summed E-state index contributed by atoms with van der Waals surface area (Å²) in [5, 5.41) is 14.0. The number of aliphatic hydroxyl groups excluding tert-OH is 1. The van der Waals surface area contributed by atoms with E-state index < -0.39 is 72.2 Å². The molecule has 7 rings (SSSR count). The van der Waals surface area contributed by atoms with Crippen molar-refractivity contribution in [1.29, 1.82) is 0 Å². The topological polar surface area (TPSA) is 138 Å². The molecule has 3 aromatic carbocycles. The summed E-state index contributed by atoms with van der Waals surface area (Å²) in [7, 11) is 1.51. The third-order valence-electron chi connectivity index (χ3n) is 11.7. The molecule has 0 aliphatic carbocycles. The Morgan fingerprint density at radius 2 is 1.63 bits per heavy atom. The van der Waals surface area contributed by atoms with E-state index in [0.717, 1.165) is 24.3 Å². The minimum absolute atomic E-state index is 0.0508. The van der Waals surface area contributed by atoms with E-state index in [1.54, 1.807) is 17.1 Å². The van der Waals surface area contributed by atoms with Gasteiger partial charge in [-0.15, -0.1) is 0 Å². The van der Waals surface area contributed by atoms with Crippen molar-refractivity contribution in [1.82, 2.24) is 10.2 Å². The largest absolute Gasteiger partial charge is 0.455 e. The highest BCUT2D eigenvalue weighted by molar-refractivity contribution is 6.05. The van der Waals surface area contributed by atoms with Crippen LogP contribution in [0.15, 0.2) is 109 Å². The van der Waals surface area contributed by atoms with Crippen LogP contribution in [0, 0.1) is 11.8 Å². The van der Waals surface area contributed by atoms with Gasteiger partial charge in [0.15, 0.2) is 0 Å². The van der Waals surface area contributed by atoms with E-state index >= 15 is 9.59 Å². The summed E-state index contributed by atoms with van der Waals surface area (Å²) >= 11 is 0. The highest BCUT2D eigenvalue weighted by Crippen LogP contribution is 2.56. The molecule has 12 nitrogen and oxygen atoms in total. The molecule has 0 unspecified atom stereocenters. The van der Waals surface area contributed by atoms with E-state index in [4.69, 9.17) is 14.2 Å². The van der Waals surface area contributed by atoms with Crippen molar-refractivity contribution in [3.63, 3.8) is 0 Å². The quantitative estimate of drug-likeness (QED) is 0.215. The number of amides is 3. The number of allylic oxidation sites excluding steroid dienone is 1. The standard InChI is InChI=1S/C45H52N4O8/c1-4-47(5-2)32-20-22-33(23-21-32)48-26-14-8-13-19-37(51)46-35(29-55-3)40(31-17-11-7-12-18-31)56-44(54)38-36-24-25-45(57-36)39(38)42(52)49(41(45)43(48)53)34(28-50)27-30-15-9-6-10-16-30/h6-12,14-18,20-25,34-36,38-41,50H,4-5,13,19,26-29H2,1-3H3,(H,46,51)/b14-8-/t34-,35+,36-,38+,39+,40+,41-,45+/m1/s1. The SMILES string of the molecule is CCN(CC)c1ccc(N2C/C=C\CCC(=O)N[C@@H](COC)[C@H](c3ccccc3)OC(=O)[C@@H]3[C@H]4C(=O)N([C@@H](CO)Cc5ccccc5)[C@H](C2=O)[C@]42C=C[C@H]3O2)cc1. The molecule has 0 saturated carbocycles. The van der Waals surface area contributed by atoms with Gasteiger partial charge in [-0.2, -0.15) is 0 Å². The van der Waals surface area contributed by atoms with Crippen molar-refractivity contribution in [2.45, 2.75) is 69.0 Å². The lowest BCUT2D eigenvalue weighted by molar-refractivity contribution is -0.162. The summed E-state index contributed by atoms with van der Waals surface area (Å²) in [6, 6.07) is 23.5. The number of carbonyl (C=O) groups excluding carboxylic acids is 4. The van der Waals surface area contributed by atoms with Crippen molar-refractivity contribution in [2.24, 2.45) is 11.8 Å². The highest BCUT2D eigenvalue weighted by Gasteiger charge is 2.74. The number of hydrogen-bond donors (Lipinski definition) is 2. The Kier molecular flexibility index (Phi) is 12.2. The number of ether oxygens (including phenoxy) is 3. The maximum absolute atomic E-state index is 15.5. The van der Waals surface area contributed by atoms with Crippen molar-refractivity contribution >= 4 is 35.1 Å². The summed E-state index contributed by atoms with van der Waals surface area (Å²) in [5.41, 5.74) is 1.60. The van der Waals surface area contributed by atoms with Gasteiger partial charge in [-0.1, -0.05) is 85.0 Å². The van der Waals surface area contributed by atoms with E-state index in [0.29, 0.717) is 17.7 Å². The fraction of sp³-hybridized carbons (Fsp3) is 0.422. The van der Waals surface area contributed by atoms with Crippen LogP contribution in [0.1, 0.15) is 43.9 Å². The molecule has 2 saturated heterocycles. The van der Waals surface area contributed by atoms with E-state index in [1.165, 1.54) is 12.0 Å². The van der Waals surface area contributed by atoms with Gasteiger partial charge in [0.05, 0.1) is 37.3 Å². The number of methoxy groups -OCH3 is 1. The molecule has 3 aromatic rings. The smallest absolute Gasteiger partial charge is 0.313 e. The molecule has 8 atom stereocenters. The van der Waals surface area contributed by atoms with Crippen LogP contribution in [0.2, 0.25) is 0 Å². The molecule has 12 heteroatoms. The number of nitrogens with zero attached hydrogens (tertiary/aromatic N) is 3. The molecule has 4 aliphatic heterocycles. The van der Waals surface area contributed by atoms with Crippen molar-refractivity contribution in [2.75, 3.05) is 49.8 Å². The number of fused-ring (bicyclic) bond motifs is 2. The van der Waals surface area contributed by atoms with Crippen LogP contribution in [0.5, 0.6) is 0 Å². The third kappa shape index (κ3) is 7.73. The molecule has 57 heavy (non-hydrogen) atoms. The van der Waals surface area contributed by atoms with Gasteiger partial charge >= 0.3 is 5.97 Å². The van der Waals surface area contributed by atoms with Crippen LogP contribution in [-0.4, -0.2) is 103 Å². The zero-order chi connectivity index (χ0) is 40.1. The number of hydrogen-bond acceptors (Lipinski definition) is 9. The Balaban J connectivity index is 1.35. The second kappa shape index (κ2) is 17.5. The molecule has 3 amide bonds. The summed E-state index contributed by atoms with van der Waals surface area (Å²) in [6.07, 6.45) is 6.20. The normalized spacial score (nSPS) is 28.6. The van der Waals surface area contributed by atoms with E-state index in [2.05, 4.69) is 24.1 Å². The van der Waals surface area contributed by atoms with Crippen LogP contribution in [-0.2, 0) is 39.8 Å². The minimum atomic E-state index is -1.52.